The van der Waals surface area contributed by atoms with E-state index in [0.29, 0.717) is 12.2 Å². The van der Waals surface area contributed by atoms with Crippen LogP contribution in [0.4, 0.5) is 0 Å². The van der Waals surface area contributed by atoms with Crippen LogP contribution < -0.4 is 9.47 Å². The molecular weight excluding hydrogens is 190 g/mol. The number of nitriles is 1. The molecule has 0 amide bonds. The minimum absolute atomic E-state index is 0.448. The second kappa shape index (κ2) is 3.66. The molecular formula is C12H11NO2. The Hall–Kier alpha value is -1.95. The Labute approximate surface area is 88.5 Å². The standard InChI is InChI=1S/C12H11NO2/c1-8-11(14-2)4-3-10-9(7-13)5-6-15-12(8)10/h3-5H,6H2,1-2H3. The topological polar surface area (TPSA) is 42.2 Å². The molecule has 0 fully saturated rings. The maximum Gasteiger partial charge on any atom is 0.134 e. The monoisotopic (exact) mass is 201 g/mol. The lowest BCUT2D eigenvalue weighted by Crippen LogP contribution is -2.06. The van der Waals surface area contributed by atoms with Crippen LogP contribution in [0.1, 0.15) is 11.1 Å². The van der Waals surface area contributed by atoms with Crippen molar-refractivity contribution in [2.75, 3.05) is 13.7 Å². The molecule has 0 radical (unpaired) electrons. The van der Waals surface area contributed by atoms with Gasteiger partial charge in [-0.15, -0.1) is 0 Å². The molecule has 0 aromatic heterocycles. The number of rotatable bonds is 1. The van der Waals surface area contributed by atoms with Crippen molar-refractivity contribution in [3.8, 4) is 17.6 Å². The van der Waals surface area contributed by atoms with Gasteiger partial charge < -0.3 is 9.47 Å². The van der Waals surface area contributed by atoms with E-state index in [1.807, 2.05) is 19.1 Å². The number of fused-ring (bicyclic) bond motifs is 1. The van der Waals surface area contributed by atoms with Crippen molar-refractivity contribution >= 4 is 5.57 Å². The molecule has 0 saturated heterocycles. The van der Waals surface area contributed by atoms with E-state index in [2.05, 4.69) is 6.07 Å². The van der Waals surface area contributed by atoms with Crippen LogP contribution >= 0.6 is 0 Å². The lowest BCUT2D eigenvalue weighted by molar-refractivity contribution is 0.348. The highest BCUT2D eigenvalue weighted by Crippen LogP contribution is 2.37. The van der Waals surface area contributed by atoms with Gasteiger partial charge in [-0.25, -0.2) is 0 Å². The number of benzene rings is 1. The lowest BCUT2D eigenvalue weighted by Gasteiger charge is -2.18. The predicted octanol–water partition coefficient (Wildman–Crippen LogP) is 2.30. The molecule has 1 aliphatic heterocycles. The fourth-order valence-corrected chi connectivity index (χ4v) is 1.72. The van der Waals surface area contributed by atoms with E-state index < -0.39 is 0 Å². The summed E-state index contributed by atoms with van der Waals surface area (Å²) in [6.45, 7) is 2.38. The van der Waals surface area contributed by atoms with E-state index in [-0.39, 0.29) is 0 Å². The van der Waals surface area contributed by atoms with Gasteiger partial charge in [0.05, 0.1) is 18.8 Å². The van der Waals surface area contributed by atoms with Crippen molar-refractivity contribution < 1.29 is 9.47 Å². The molecule has 3 heteroatoms. The Balaban J connectivity index is 2.61. The Morgan fingerprint density at radius 2 is 2.27 bits per heavy atom. The molecule has 0 unspecified atom stereocenters. The summed E-state index contributed by atoms with van der Waals surface area (Å²) >= 11 is 0. The summed E-state index contributed by atoms with van der Waals surface area (Å²) in [5.41, 5.74) is 2.46. The van der Waals surface area contributed by atoms with Gasteiger partial charge in [0, 0.05) is 11.1 Å². The van der Waals surface area contributed by atoms with Crippen molar-refractivity contribution in [1.82, 2.24) is 0 Å². The molecule has 0 N–H and O–H groups in total. The molecule has 0 bridgehead atoms. The molecule has 0 atom stereocenters. The van der Waals surface area contributed by atoms with Crippen LogP contribution in [0.3, 0.4) is 0 Å². The summed E-state index contributed by atoms with van der Waals surface area (Å²) in [6.07, 6.45) is 1.79. The zero-order valence-electron chi connectivity index (χ0n) is 8.70. The van der Waals surface area contributed by atoms with E-state index in [0.717, 1.165) is 22.6 Å². The summed E-state index contributed by atoms with van der Waals surface area (Å²) in [4.78, 5) is 0. The summed E-state index contributed by atoms with van der Waals surface area (Å²) in [6, 6.07) is 5.88. The average Bonchev–Trinajstić information content (AvgIpc) is 2.29. The number of nitrogens with zero attached hydrogens (tertiary/aromatic N) is 1. The van der Waals surface area contributed by atoms with E-state index in [1.54, 1.807) is 13.2 Å². The van der Waals surface area contributed by atoms with Crippen LogP contribution in [0, 0.1) is 18.3 Å². The van der Waals surface area contributed by atoms with Gasteiger partial charge in [-0.1, -0.05) is 0 Å². The van der Waals surface area contributed by atoms with E-state index in [9.17, 15) is 0 Å². The van der Waals surface area contributed by atoms with E-state index >= 15 is 0 Å². The Bertz CT molecular complexity index is 469. The Kier molecular flexibility index (Phi) is 2.34. The highest BCUT2D eigenvalue weighted by molar-refractivity contribution is 5.82. The summed E-state index contributed by atoms with van der Waals surface area (Å²) in [7, 11) is 1.62. The molecule has 0 aliphatic carbocycles. The van der Waals surface area contributed by atoms with Gasteiger partial charge in [-0.05, 0) is 25.1 Å². The smallest absolute Gasteiger partial charge is 0.134 e. The Morgan fingerprint density at radius 1 is 1.47 bits per heavy atom. The molecule has 2 rings (SSSR count). The second-order valence-electron chi connectivity index (χ2n) is 3.31. The van der Waals surface area contributed by atoms with Crippen LogP contribution in [0.15, 0.2) is 18.2 Å². The van der Waals surface area contributed by atoms with Gasteiger partial charge >= 0.3 is 0 Å². The SMILES string of the molecule is COc1ccc2c(c1C)OCC=C2C#N. The van der Waals surface area contributed by atoms with Crippen LogP contribution in [0.5, 0.6) is 11.5 Å². The van der Waals surface area contributed by atoms with Crippen molar-refractivity contribution in [1.29, 1.82) is 5.26 Å². The van der Waals surface area contributed by atoms with Crippen LogP contribution in [-0.2, 0) is 0 Å². The molecule has 1 heterocycles. The average molecular weight is 201 g/mol. The molecule has 1 aliphatic rings. The molecule has 0 spiro atoms. The number of hydrogen-bond acceptors (Lipinski definition) is 3. The van der Waals surface area contributed by atoms with Crippen molar-refractivity contribution in [3.05, 3.63) is 29.3 Å². The molecule has 76 valence electrons. The van der Waals surface area contributed by atoms with Gasteiger partial charge in [-0.3, -0.25) is 0 Å². The van der Waals surface area contributed by atoms with Crippen molar-refractivity contribution in [3.63, 3.8) is 0 Å². The highest BCUT2D eigenvalue weighted by Gasteiger charge is 2.17. The third-order valence-electron chi connectivity index (χ3n) is 2.50. The summed E-state index contributed by atoms with van der Waals surface area (Å²) < 4.78 is 10.7. The third-order valence-corrected chi connectivity index (χ3v) is 2.50. The van der Waals surface area contributed by atoms with Crippen molar-refractivity contribution in [2.24, 2.45) is 0 Å². The number of allylic oxidation sites excluding steroid dienone is 1. The fourth-order valence-electron chi connectivity index (χ4n) is 1.72. The first kappa shape index (κ1) is 9.60. The normalized spacial score (nSPS) is 13.3. The molecule has 1 aromatic rings. The van der Waals surface area contributed by atoms with Crippen LogP contribution in [-0.4, -0.2) is 13.7 Å². The van der Waals surface area contributed by atoms with Crippen LogP contribution in [0.2, 0.25) is 0 Å². The van der Waals surface area contributed by atoms with Gasteiger partial charge in [0.15, 0.2) is 0 Å². The minimum Gasteiger partial charge on any atom is -0.496 e. The number of methoxy groups -OCH3 is 1. The minimum atomic E-state index is 0.448. The van der Waals surface area contributed by atoms with Gasteiger partial charge in [0.2, 0.25) is 0 Å². The maximum atomic E-state index is 8.95. The van der Waals surface area contributed by atoms with Crippen molar-refractivity contribution in [2.45, 2.75) is 6.92 Å². The first-order valence-corrected chi connectivity index (χ1v) is 4.69. The number of hydrogen-bond donors (Lipinski definition) is 0. The maximum absolute atomic E-state index is 8.95. The Morgan fingerprint density at radius 3 is 2.93 bits per heavy atom. The largest absolute Gasteiger partial charge is 0.496 e. The fraction of sp³-hybridized carbons (Fsp3) is 0.250. The summed E-state index contributed by atoms with van der Waals surface area (Å²) in [5.74, 6) is 1.54. The highest BCUT2D eigenvalue weighted by atomic mass is 16.5. The zero-order chi connectivity index (χ0) is 10.8. The van der Waals surface area contributed by atoms with E-state index in [4.69, 9.17) is 14.7 Å². The van der Waals surface area contributed by atoms with Crippen LogP contribution in [0.25, 0.3) is 5.57 Å². The van der Waals surface area contributed by atoms with E-state index in [1.165, 1.54) is 0 Å². The lowest BCUT2D eigenvalue weighted by atomic mass is 10.0. The van der Waals surface area contributed by atoms with Gasteiger partial charge in [0.1, 0.15) is 18.1 Å². The zero-order valence-corrected chi connectivity index (χ0v) is 8.70. The first-order chi connectivity index (χ1) is 7.27. The first-order valence-electron chi connectivity index (χ1n) is 4.69. The van der Waals surface area contributed by atoms with Gasteiger partial charge in [-0.2, -0.15) is 5.26 Å². The predicted molar refractivity (Wildman–Crippen MR) is 56.8 cm³/mol. The third kappa shape index (κ3) is 1.44. The van der Waals surface area contributed by atoms with Gasteiger partial charge in [0.25, 0.3) is 0 Å². The molecule has 0 saturated carbocycles. The summed E-state index contributed by atoms with van der Waals surface area (Å²) in [5, 5.41) is 8.95. The second-order valence-corrected chi connectivity index (χ2v) is 3.31. The number of ether oxygens (including phenoxy) is 2. The quantitative estimate of drug-likeness (QED) is 0.700. The molecule has 3 nitrogen and oxygen atoms in total. The molecule has 1 aromatic carbocycles. The molecule has 15 heavy (non-hydrogen) atoms.